The maximum absolute atomic E-state index is 12.2. The Hall–Kier alpha value is -2.33. The average molecular weight is 284 g/mol. The molecule has 0 fully saturated rings. The molecule has 4 N–H and O–H groups in total. The molecule has 4 heteroatoms. The maximum atomic E-state index is 12.2. The van der Waals surface area contributed by atoms with Crippen molar-refractivity contribution in [1.82, 2.24) is 5.32 Å². The zero-order valence-corrected chi connectivity index (χ0v) is 12.3. The second-order valence-corrected chi connectivity index (χ2v) is 5.16. The van der Waals surface area contributed by atoms with E-state index in [-0.39, 0.29) is 23.3 Å². The fourth-order valence-electron chi connectivity index (χ4n) is 2.13. The van der Waals surface area contributed by atoms with Crippen molar-refractivity contribution in [3.8, 4) is 5.75 Å². The van der Waals surface area contributed by atoms with Gasteiger partial charge in [-0.25, -0.2) is 0 Å². The van der Waals surface area contributed by atoms with Gasteiger partial charge in [0, 0.05) is 6.54 Å². The maximum Gasteiger partial charge on any atom is 0.255 e. The number of aromatic hydroxyl groups is 1. The monoisotopic (exact) mass is 284 g/mol. The van der Waals surface area contributed by atoms with Crippen molar-refractivity contribution >= 4 is 5.91 Å². The Balaban J connectivity index is 2.10. The van der Waals surface area contributed by atoms with Gasteiger partial charge in [0.05, 0.1) is 11.6 Å². The molecule has 2 aromatic carbocycles. The molecular formula is C17H20N2O2. The highest BCUT2D eigenvalue weighted by Gasteiger charge is 2.14. The van der Waals surface area contributed by atoms with Gasteiger partial charge in [-0.1, -0.05) is 30.3 Å². The molecule has 0 aliphatic heterocycles. The van der Waals surface area contributed by atoms with Gasteiger partial charge in [0.15, 0.2) is 0 Å². The van der Waals surface area contributed by atoms with Gasteiger partial charge < -0.3 is 16.2 Å². The summed E-state index contributed by atoms with van der Waals surface area (Å²) in [5, 5.41) is 12.7. The molecule has 0 aliphatic rings. The fourth-order valence-corrected chi connectivity index (χ4v) is 2.13. The number of aryl methyl sites for hydroxylation is 1. The van der Waals surface area contributed by atoms with Crippen LogP contribution in [0, 0.1) is 6.92 Å². The van der Waals surface area contributed by atoms with Crippen molar-refractivity contribution in [3.63, 3.8) is 0 Å². The van der Waals surface area contributed by atoms with Crippen LogP contribution in [0.3, 0.4) is 0 Å². The molecule has 0 saturated carbocycles. The average Bonchev–Trinajstić information content (AvgIpc) is 2.47. The van der Waals surface area contributed by atoms with Gasteiger partial charge in [-0.15, -0.1) is 0 Å². The molecule has 0 radical (unpaired) electrons. The zero-order valence-electron chi connectivity index (χ0n) is 12.3. The second-order valence-electron chi connectivity index (χ2n) is 5.16. The molecule has 0 spiro atoms. The number of phenolic OH excluding ortho intramolecular Hbond substituents is 1. The van der Waals surface area contributed by atoms with Crippen molar-refractivity contribution in [3.05, 3.63) is 64.7 Å². The van der Waals surface area contributed by atoms with Crippen LogP contribution in [0.2, 0.25) is 0 Å². The largest absolute Gasteiger partial charge is 0.507 e. The van der Waals surface area contributed by atoms with Gasteiger partial charge in [-0.05, 0) is 42.7 Å². The van der Waals surface area contributed by atoms with Gasteiger partial charge in [0.1, 0.15) is 5.75 Å². The summed E-state index contributed by atoms with van der Waals surface area (Å²) in [4.78, 5) is 12.2. The summed E-state index contributed by atoms with van der Waals surface area (Å²) in [5.41, 5.74) is 8.80. The number of hydrogen-bond acceptors (Lipinski definition) is 3. The number of benzene rings is 2. The summed E-state index contributed by atoms with van der Waals surface area (Å²) in [6.07, 6.45) is 0. The van der Waals surface area contributed by atoms with Crippen LogP contribution in [-0.4, -0.2) is 11.0 Å². The Morgan fingerprint density at radius 2 is 1.90 bits per heavy atom. The first-order chi connectivity index (χ1) is 10.0. The molecule has 0 heterocycles. The quantitative estimate of drug-likeness (QED) is 0.808. The topological polar surface area (TPSA) is 75.4 Å². The molecule has 1 unspecified atom stereocenters. The second kappa shape index (κ2) is 6.41. The van der Waals surface area contributed by atoms with Gasteiger partial charge in [-0.2, -0.15) is 0 Å². The Kier molecular flexibility index (Phi) is 4.60. The summed E-state index contributed by atoms with van der Waals surface area (Å²) in [6.45, 7) is 4.27. The van der Waals surface area contributed by atoms with E-state index in [2.05, 4.69) is 5.32 Å². The molecule has 0 bridgehead atoms. The lowest BCUT2D eigenvalue weighted by atomic mass is 10.0. The minimum atomic E-state index is -0.289. The summed E-state index contributed by atoms with van der Waals surface area (Å²) in [5.74, 6) is -0.291. The van der Waals surface area contributed by atoms with Crippen molar-refractivity contribution < 1.29 is 9.90 Å². The Labute approximate surface area is 124 Å². The van der Waals surface area contributed by atoms with E-state index in [9.17, 15) is 9.90 Å². The van der Waals surface area contributed by atoms with Crippen LogP contribution in [0.1, 0.15) is 40.0 Å². The van der Waals surface area contributed by atoms with E-state index in [0.717, 1.165) is 16.7 Å². The highest BCUT2D eigenvalue weighted by Crippen LogP contribution is 2.20. The molecule has 0 aliphatic carbocycles. The Morgan fingerprint density at radius 3 is 2.48 bits per heavy atom. The van der Waals surface area contributed by atoms with Gasteiger partial charge in [0.25, 0.3) is 5.91 Å². The molecule has 0 aromatic heterocycles. The number of rotatable bonds is 4. The van der Waals surface area contributed by atoms with Crippen LogP contribution in [0.15, 0.2) is 42.5 Å². The minimum Gasteiger partial charge on any atom is -0.507 e. The Bertz CT molecular complexity index is 636. The van der Waals surface area contributed by atoms with Crippen molar-refractivity contribution in [2.24, 2.45) is 5.73 Å². The van der Waals surface area contributed by atoms with Crippen LogP contribution < -0.4 is 11.1 Å². The SMILES string of the molecule is Cc1ccc(C(=O)NC(C)c2ccc(CN)cc2)c(O)c1. The first-order valence-corrected chi connectivity index (χ1v) is 6.90. The zero-order chi connectivity index (χ0) is 15.4. The van der Waals surface area contributed by atoms with Crippen LogP contribution in [-0.2, 0) is 6.54 Å². The van der Waals surface area contributed by atoms with E-state index in [4.69, 9.17) is 5.73 Å². The summed E-state index contributed by atoms with van der Waals surface area (Å²) >= 11 is 0. The predicted molar refractivity (Wildman–Crippen MR) is 83.1 cm³/mol. The lowest BCUT2D eigenvalue weighted by Crippen LogP contribution is -2.26. The molecule has 110 valence electrons. The highest BCUT2D eigenvalue weighted by molar-refractivity contribution is 5.97. The first kappa shape index (κ1) is 15.1. The number of carbonyl (C=O) groups excluding carboxylic acids is 1. The number of nitrogens with two attached hydrogens (primary N) is 1. The number of amides is 1. The summed E-state index contributed by atoms with van der Waals surface area (Å²) < 4.78 is 0. The third-order valence-corrected chi connectivity index (χ3v) is 3.46. The number of hydrogen-bond donors (Lipinski definition) is 3. The van der Waals surface area contributed by atoms with E-state index in [1.165, 1.54) is 0 Å². The molecular weight excluding hydrogens is 264 g/mol. The van der Waals surface area contributed by atoms with Crippen molar-refractivity contribution in [2.75, 3.05) is 0 Å². The molecule has 0 saturated heterocycles. The molecule has 2 rings (SSSR count). The Morgan fingerprint density at radius 1 is 1.24 bits per heavy atom. The van der Waals surface area contributed by atoms with Crippen molar-refractivity contribution in [1.29, 1.82) is 0 Å². The van der Waals surface area contributed by atoms with Crippen LogP contribution in [0.5, 0.6) is 5.75 Å². The van der Waals surface area contributed by atoms with Crippen LogP contribution in [0.25, 0.3) is 0 Å². The third kappa shape index (κ3) is 3.61. The molecule has 1 amide bonds. The number of nitrogens with one attached hydrogen (secondary N) is 1. The van der Waals surface area contributed by atoms with Gasteiger partial charge in [-0.3, -0.25) is 4.79 Å². The minimum absolute atomic E-state index is 0.00169. The predicted octanol–water partition coefficient (Wildman–Crippen LogP) is 2.65. The molecule has 2 aromatic rings. The highest BCUT2D eigenvalue weighted by atomic mass is 16.3. The molecule has 1 atom stereocenters. The smallest absolute Gasteiger partial charge is 0.255 e. The van der Waals surface area contributed by atoms with E-state index in [1.54, 1.807) is 18.2 Å². The van der Waals surface area contributed by atoms with Crippen LogP contribution >= 0.6 is 0 Å². The van der Waals surface area contributed by atoms with Gasteiger partial charge in [0.2, 0.25) is 0 Å². The van der Waals surface area contributed by atoms with E-state index in [1.807, 2.05) is 38.1 Å². The van der Waals surface area contributed by atoms with Crippen molar-refractivity contribution in [2.45, 2.75) is 26.4 Å². The van der Waals surface area contributed by atoms with Crippen LogP contribution in [0.4, 0.5) is 0 Å². The van der Waals surface area contributed by atoms with E-state index >= 15 is 0 Å². The molecule has 4 nitrogen and oxygen atoms in total. The number of carbonyl (C=O) groups is 1. The first-order valence-electron chi connectivity index (χ1n) is 6.90. The summed E-state index contributed by atoms with van der Waals surface area (Å²) in [6, 6.07) is 12.6. The lowest BCUT2D eigenvalue weighted by Gasteiger charge is -2.15. The van der Waals surface area contributed by atoms with Gasteiger partial charge >= 0.3 is 0 Å². The normalized spacial score (nSPS) is 12.0. The lowest BCUT2D eigenvalue weighted by molar-refractivity contribution is 0.0937. The third-order valence-electron chi connectivity index (χ3n) is 3.46. The fraction of sp³-hybridized carbons (Fsp3) is 0.235. The van der Waals surface area contributed by atoms with E-state index in [0.29, 0.717) is 6.54 Å². The number of phenols is 1. The standard InChI is InChI=1S/C17H20N2O2/c1-11-3-8-15(16(20)9-11)17(21)19-12(2)14-6-4-13(10-18)5-7-14/h3-9,12,20H,10,18H2,1-2H3,(H,19,21). The van der Waals surface area contributed by atoms with E-state index < -0.39 is 0 Å². The summed E-state index contributed by atoms with van der Waals surface area (Å²) in [7, 11) is 0. The molecule has 21 heavy (non-hydrogen) atoms.